The van der Waals surface area contributed by atoms with E-state index in [2.05, 4.69) is 12.2 Å². The summed E-state index contributed by atoms with van der Waals surface area (Å²) in [5.74, 6) is -0.594. The molecule has 0 bridgehead atoms. The third-order valence-electron chi connectivity index (χ3n) is 4.36. The van der Waals surface area contributed by atoms with Crippen molar-refractivity contribution < 1.29 is 19.1 Å². The van der Waals surface area contributed by atoms with E-state index < -0.39 is 11.9 Å². The maximum absolute atomic E-state index is 12.2. The van der Waals surface area contributed by atoms with Crippen LogP contribution in [0.4, 0.5) is 11.4 Å². The Morgan fingerprint density at radius 2 is 1.89 bits per heavy atom. The third kappa shape index (κ3) is 5.13. The summed E-state index contributed by atoms with van der Waals surface area (Å²) in [6.45, 7) is 1.94. The molecule has 0 aromatic heterocycles. The second-order valence-electron chi connectivity index (χ2n) is 6.31. The number of hydrogen-bond donors (Lipinski definition) is 1. The van der Waals surface area contributed by atoms with Gasteiger partial charge in [-0.1, -0.05) is 31.2 Å². The zero-order valence-corrected chi connectivity index (χ0v) is 16.5. The smallest absolute Gasteiger partial charge is 0.308 e. The van der Waals surface area contributed by atoms with Crippen LogP contribution in [-0.2, 0) is 25.5 Å². The molecule has 2 aromatic carbocycles. The number of ether oxygens (including phenoxy) is 1. The van der Waals surface area contributed by atoms with Gasteiger partial charge in [0.05, 0.1) is 17.9 Å². The molecule has 1 heterocycles. The highest BCUT2D eigenvalue weighted by atomic mass is 32.2. The average molecular weight is 398 g/mol. The minimum atomic E-state index is -0.514. The molecule has 2 aromatic rings. The maximum Gasteiger partial charge on any atom is 0.308 e. The normalized spacial score (nSPS) is 13.0. The summed E-state index contributed by atoms with van der Waals surface area (Å²) in [5.41, 5.74) is 2.65. The largest absolute Gasteiger partial charge is 0.456 e. The van der Waals surface area contributed by atoms with Crippen LogP contribution in [0.15, 0.2) is 53.4 Å². The van der Waals surface area contributed by atoms with E-state index in [1.54, 1.807) is 4.90 Å². The zero-order valence-electron chi connectivity index (χ0n) is 15.6. The second-order valence-corrected chi connectivity index (χ2v) is 7.33. The number of thioether (sulfide) groups is 1. The predicted octanol–water partition coefficient (Wildman–Crippen LogP) is 3.26. The van der Waals surface area contributed by atoms with Crippen molar-refractivity contribution in [2.75, 3.05) is 29.1 Å². The summed E-state index contributed by atoms with van der Waals surface area (Å²) in [6.07, 6.45) is 0.956. The first-order valence-corrected chi connectivity index (χ1v) is 10.1. The Morgan fingerprint density at radius 1 is 1.14 bits per heavy atom. The third-order valence-corrected chi connectivity index (χ3v) is 5.41. The number of rotatable bonds is 7. The fraction of sp³-hybridized carbons (Fsp3) is 0.286. The Balaban J connectivity index is 1.45. The van der Waals surface area contributed by atoms with Crippen LogP contribution in [0.1, 0.15) is 18.9 Å². The maximum atomic E-state index is 12.2. The van der Waals surface area contributed by atoms with Crippen LogP contribution in [0.5, 0.6) is 0 Å². The molecule has 7 heteroatoms. The Kier molecular flexibility index (Phi) is 6.71. The van der Waals surface area contributed by atoms with Crippen molar-refractivity contribution in [2.45, 2.75) is 24.7 Å². The van der Waals surface area contributed by atoms with E-state index in [0.717, 1.165) is 17.0 Å². The highest BCUT2D eigenvalue weighted by Gasteiger charge is 2.24. The average Bonchev–Trinajstić information content (AvgIpc) is 2.72. The van der Waals surface area contributed by atoms with E-state index in [1.807, 2.05) is 48.5 Å². The van der Waals surface area contributed by atoms with E-state index >= 15 is 0 Å². The molecule has 0 saturated carbocycles. The van der Waals surface area contributed by atoms with E-state index in [4.69, 9.17) is 4.74 Å². The van der Waals surface area contributed by atoms with Gasteiger partial charge in [0.15, 0.2) is 6.61 Å². The number of nitrogens with one attached hydrogen (secondary N) is 1. The number of anilines is 2. The number of esters is 1. The monoisotopic (exact) mass is 398 g/mol. The summed E-state index contributed by atoms with van der Waals surface area (Å²) in [4.78, 5) is 38.7. The second kappa shape index (κ2) is 9.41. The Bertz CT molecular complexity index is 867. The lowest BCUT2D eigenvalue weighted by atomic mass is 10.1. The highest BCUT2D eigenvalue weighted by molar-refractivity contribution is 8.00. The fourth-order valence-electron chi connectivity index (χ4n) is 2.84. The molecule has 1 N–H and O–H groups in total. The van der Waals surface area contributed by atoms with Gasteiger partial charge in [-0.25, -0.2) is 0 Å². The number of aryl methyl sites for hydroxylation is 1. The molecular weight excluding hydrogens is 376 g/mol. The van der Waals surface area contributed by atoms with E-state index in [0.29, 0.717) is 11.4 Å². The SMILES string of the molecule is CCc1ccc(NC(=O)COC(=O)CCN2C(=O)CSc3ccccc32)cc1. The fourth-order valence-corrected chi connectivity index (χ4v) is 3.78. The minimum absolute atomic E-state index is 0.0310. The molecule has 0 unspecified atom stereocenters. The number of hydrogen-bond acceptors (Lipinski definition) is 5. The number of carbonyl (C=O) groups is 3. The summed E-state index contributed by atoms with van der Waals surface area (Å²) in [5, 5.41) is 2.69. The molecule has 28 heavy (non-hydrogen) atoms. The Morgan fingerprint density at radius 3 is 2.64 bits per heavy atom. The number of benzene rings is 2. The van der Waals surface area contributed by atoms with E-state index in [1.165, 1.54) is 17.3 Å². The van der Waals surface area contributed by atoms with Crippen LogP contribution >= 0.6 is 11.8 Å². The lowest BCUT2D eigenvalue weighted by Crippen LogP contribution is -2.37. The molecule has 0 spiro atoms. The van der Waals surface area contributed by atoms with Gasteiger partial charge in [-0.3, -0.25) is 14.4 Å². The molecule has 146 valence electrons. The minimum Gasteiger partial charge on any atom is -0.456 e. The quantitative estimate of drug-likeness (QED) is 0.725. The highest BCUT2D eigenvalue weighted by Crippen LogP contribution is 2.34. The summed E-state index contributed by atoms with van der Waals surface area (Å²) in [7, 11) is 0. The Labute approximate surface area is 168 Å². The molecule has 3 rings (SSSR count). The zero-order chi connectivity index (χ0) is 19.9. The van der Waals surface area contributed by atoms with Crippen molar-refractivity contribution in [3.8, 4) is 0 Å². The van der Waals surface area contributed by atoms with Crippen LogP contribution in [-0.4, -0.2) is 36.7 Å². The molecule has 1 aliphatic rings. The van der Waals surface area contributed by atoms with Gasteiger partial charge in [-0.05, 0) is 36.2 Å². The van der Waals surface area contributed by atoms with E-state index in [-0.39, 0.29) is 25.5 Å². The van der Waals surface area contributed by atoms with Gasteiger partial charge in [-0.2, -0.15) is 0 Å². The van der Waals surface area contributed by atoms with Crippen LogP contribution in [0.3, 0.4) is 0 Å². The number of nitrogens with zero attached hydrogens (tertiary/aromatic N) is 1. The summed E-state index contributed by atoms with van der Waals surface area (Å²) in [6, 6.07) is 15.1. The van der Waals surface area contributed by atoms with Crippen LogP contribution in [0, 0.1) is 0 Å². The molecular formula is C21H22N2O4S. The molecule has 2 amide bonds. The van der Waals surface area contributed by atoms with Gasteiger partial charge in [-0.15, -0.1) is 11.8 Å². The molecule has 0 radical (unpaired) electrons. The van der Waals surface area contributed by atoms with Crippen molar-refractivity contribution in [3.63, 3.8) is 0 Å². The standard InChI is InChI=1S/C21H22N2O4S/c1-2-15-7-9-16(10-8-15)22-19(24)13-27-21(26)11-12-23-17-5-3-4-6-18(17)28-14-20(23)25/h3-10H,2,11-14H2,1H3,(H,22,24). The first kappa shape index (κ1) is 19.9. The first-order chi connectivity index (χ1) is 13.6. The number of carbonyl (C=O) groups excluding carboxylic acids is 3. The van der Waals surface area contributed by atoms with Crippen molar-refractivity contribution >= 4 is 40.9 Å². The summed E-state index contributed by atoms with van der Waals surface area (Å²) >= 11 is 1.49. The first-order valence-electron chi connectivity index (χ1n) is 9.13. The predicted molar refractivity (Wildman–Crippen MR) is 110 cm³/mol. The summed E-state index contributed by atoms with van der Waals surface area (Å²) < 4.78 is 5.04. The topological polar surface area (TPSA) is 75.7 Å². The molecule has 0 saturated heterocycles. The van der Waals surface area contributed by atoms with Gasteiger partial charge in [0.1, 0.15) is 0 Å². The lowest BCUT2D eigenvalue weighted by Gasteiger charge is -2.28. The molecule has 0 fully saturated rings. The Hall–Kier alpha value is -2.80. The molecule has 6 nitrogen and oxygen atoms in total. The van der Waals surface area contributed by atoms with E-state index in [9.17, 15) is 14.4 Å². The van der Waals surface area contributed by atoms with Crippen LogP contribution < -0.4 is 10.2 Å². The van der Waals surface area contributed by atoms with Gasteiger partial charge < -0.3 is 15.0 Å². The number of fused-ring (bicyclic) bond motifs is 1. The molecule has 0 atom stereocenters. The van der Waals surface area contributed by atoms with Gasteiger partial charge >= 0.3 is 5.97 Å². The lowest BCUT2D eigenvalue weighted by molar-refractivity contribution is -0.147. The van der Waals surface area contributed by atoms with Crippen molar-refractivity contribution in [2.24, 2.45) is 0 Å². The molecule has 1 aliphatic heterocycles. The van der Waals surface area contributed by atoms with Gasteiger partial charge in [0.25, 0.3) is 5.91 Å². The molecule has 0 aliphatic carbocycles. The van der Waals surface area contributed by atoms with Crippen LogP contribution in [0.25, 0.3) is 0 Å². The number of para-hydroxylation sites is 1. The van der Waals surface area contributed by atoms with Gasteiger partial charge in [0.2, 0.25) is 5.91 Å². The number of amides is 2. The van der Waals surface area contributed by atoms with Crippen molar-refractivity contribution in [1.82, 2.24) is 0 Å². The van der Waals surface area contributed by atoms with Gasteiger partial charge in [0, 0.05) is 17.1 Å². The van der Waals surface area contributed by atoms with Crippen molar-refractivity contribution in [1.29, 1.82) is 0 Å². The van der Waals surface area contributed by atoms with Crippen molar-refractivity contribution in [3.05, 3.63) is 54.1 Å². The van der Waals surface area contributed by atoms with Crippen LogP contribution in [0.2, 0.25) is 0 Å².